The third kappa shape index (κ3) is 6.35. The van der Waals surface area contributed by atoms with E-state index < -0.39 is 12.1 Å². The van der Waals surface area contributed by atoms with E-state index in [-0.39, 0.29) is 18.6 Å². The van der Waals surface area contributed by atoms with E-state index in [9.17, 15) is 9.59 Å². The molecule has 0 bridgehead atoms. The van der Waals surface area contributed by atoms with E-state index in [0.29, 0.717) is 26.1 Å². The number of carboxylic acid groups (broad SMARTS) is 1. The summed E-state index contributed by atoms with van der Waals surface area (Å²) in [6, 6.07) is -0.185. The molecule has 0 aromatic heterocycles. The largest absolute Gasteiger partial charge is 0.480 e. The minimum Gasteiger partial charge on any atom is -0.480 e. The average Bonchev–Trinajstić information content (AvgIpc) is 2.38. The molecule has 0 spiro atoms. The van der Waals surface area contributed by atoms with Crippen molar-refractivity contribution < 1.29 is 24.2 Å². The minimum atomic E-state index is -1.03. The molecule has 0 aromatic carbocycles. The number of amides is 1. The number of hydrogen-bond acceptors (Lipinski definition) is 4. The lowest BCUT2D eigenvalue weighted by Gasteiger charge is -2.31. The number of rotatable bonds is 7. The fraction of sp³-hybridized carbons (Fsp3) is 0.692. The molecule has 1 fully saturated rings. The standard InChI is InChI=1S/C13H21NO5/c1-2-3-4-5-12(15)14-10-6-7-18-8-11(10)19-9-13(16)17/h3-4,10-11H,2,5-9H2,1H3,(H,14,15)(H,16,17)/b4-3+/t10-,11-/m1/s1. The van der Waals surface area contributed by atoms with E-state index in [1.165, 1.54) is 0 Å². The van der Waals surface area contributed by atoms with Gasteiger partial charge < -0.3 is 19.9 Å². The Hall–Kier alpha value is -1.40. The third-order valence-corrected chi connectivity index (χ3v) is 2.78. The number of carbonyl (C=O) groups is 2. The van der Waals surface area contributed by atoms with E-state index in [0.717, 1.165) is 6.42 Å². The van der Waals surface area contributed by atoms with E-state index in [1.807, 2.05) is 19.1 Å². The van der Waals surface area contributed by atoms with Crippen molar-refractivity contribution in [1.82, 2.24) is 5.32 Å². The first-order chi connectivity index (χ1) is 9.13. The number of allylic oxidation sites excluding steroid dienone is 1. The van der Waals surface area contributed by atoms with Crippen molar-refractivity contribution in [3.05, 3.63) is 12.2 Å². The monoisotopic (exact) mass is 271 g/mol. The molecule has 1 heterocycles. The molecule has 6 nitrogen and oxygen atoms in total. The fourth-order valence-electron chi connectivity index (χ4n) is 1.84. The molecule has 0 radical (unpaired) electrons. The van der Waals surface area contributed by atoms with Crippen molar-refractivity contribution in [3.8, 4) is 0 Å². The zero-order chi connectivity index (χ0) is 14.1. The molecular weight excluding hydrogens is 250 g/mol. The van der Waals surface area contributed by atoms with E-state index in [4.69, 9.17) is 14.6 Å². The number of ether oxygens (including phenoxy) is 2. The van der Waals surface area contributed by atoms with Crippen molar-refractivity contribution in [2.45, 2.75) is 38.3 Å². The molecule has 1 aliphatic rings. The second-order valence-corrected chi connectivity index (χ2v) is 4.36. The smallest absolute Gasteiger partial charge is 0.329 e. The van der Waals surface area contributed by atoms with Gasteiger partial charge in [0.25, 0.3) is 0 Å². The van der Waals surface area contributed by atoms with Crippen LogP contribution in [0.4, 0.5) is 0 Å². The molecule has 0 saturated carbocycles. The van der Waals surface area contributed by atoms with Crippen LogP contribution < -0.4 is 5.32 Å². The third-order valence-electron chi connectivity index (χ3n) is 2.78. The van der Waals surface area contributed by atoms with Gasteiger partial charge in [-0.3, -0.25) is 4.79 Å². The Morgan fingerprint density at radius 1 is 1.47 bits per heavy atom. The first-order valence-electron chi connectivity index (χ1n) is 6.49. The van der Waals surface area contributed by atoms with Gasteiger partial charge in [0, 0.05) is 13.0 Å². The number of nitrogens with one attached hydrogen (secondary N) is 1. The van der Waals surface area contributed by atoms with Crippen molar-refractivity contribution >= 4 is 11.9 Å². The summed E-state index contributed by atoms with van der Waals surface area (Å²) in [6.07, 6.45) is 5.21. The minimum absolute atomic E-state index is 0.0828. The highest BCUT2D eigenvalue weighted by atomic mass is 16.5. The van der Waals surface area contributed by atoms with Crippen LogP contribution in [0.3, 0.4) is 0 Å². The normalized spacial score (nSPS) is 23.4. The summed E-state index contributed by atoms with van der Waals surface area (Å²) >= 11 is 0. The van der Waals surface area contributed by atoms with Gasteiger partial charge in [-0.15, -0.1) is 0 Å². The Kier molecular flexibility index (Phi) is 7.14. The summed E-state index contributed by atoms with van der Waals surface area (Å²) in [6.45, 7) is 2.48. The lowest BCUT2D eigenvalue weighted by Crippen LogP contribution is -2.50. The van der Waals surface area contributed by atoms with Gasteiger partial charge in [0.05, 0.1) is 12.6 Å². The number of carbonyl (C=O) groups excluding carboxylic acids is 1. The Morgan fingerprint density at radius 2 is 2.26 bits per heavy atom. The zero-order valence-corrected chi connectivity index (χ0v) is 11.1. The highest BCUT2D eigenvalue weighted by molar-refractivity contribution is 5.77. The number of hydrogen-bond donors (Lipinski definition) is 2. The summed E-state index contributed by atoms with van der Waals surface area (Å²) in [5.41, 5.74) is 0. The van der Waals surface area contributed by atoms with Gasteiger partial charge in [-0.1, -0.05) is 19.1 Å². The highest BCUT2D eigenvalue weighted by Crippen LogP contribution is 2.11. The SMILES string of the molecule is CC/C=C/CC(=O)N[C@@H]1CCOC[C@H]1OCC(=O)O. The Labute approximate surface area is 112 Å². The van der Waals surface area contributed by atoms with Crippen LogP contribution in [-0.4, -0.2) is 48.9 Å². The molecule has 0 unspecified atom stereocenters. The van der Waals surface area contributed by atoms with Gasteiger partial charge in [0.1, 0.15) is 12.7 Å². The van der Waals surface area contributed by atoms with E-state index in [1.54, 1.807) is 0 Å². The van der Waals surface area contributed by atoms with Gasteiger partial charge in [0.15, 0.2) is 0 Å². The summed E-state index contributed by atoms with van der Waals surface area (Å²) in [5, 5.41) is 11.5. The van der Waals surface area contributed by atoms with Gasteiger partial charge in [-0.05, 0) is 12.8 Å². The predicted molar refractivity (Wildman–Crippen MR) is 68.8 cm³/mol. The van der Waals surface area contributed by atoms with E-state index in [2.05, 4.69) is 5.32 Å². The fourth-order valence-corrected chi connectivity index (χ4v) is 1.84. The van der Waals surface area contributed by atoms with Crippen LogP contribution in [0.2, 0.25) is 0 Å². The van der Waals surface area contributed by atoms with Gasteiger partial charge in [-0.25, -0.2) is 4.79 Å². The molecule has 0 aliphatic carbocycles. The second kappa shape index (κ2) is 8.66. The molecular formula is C13H21NO5. The highest BCUT2D eigenvalue weighted by Gasteiger charge is 2.28. The Bertz CT molecular complexity index is 329. The van der Waals surface area contributed by atoms with Crippen LogP contribution in [0.1, 0.15) is 26.2 Å². The molecule has 0 aromatic rings. The first kappa shape index (κ1) is 15.7. The predicted octanol–water partition coefficient (Wildman–Crippen LogP) is 0.718. The van der Waals surface area contributed by atoms with Crippen molar-refractivity contribution in [2.75, 3.05) is 19.8 Å². The van der Waals surface area contributed by atoms with Crippen LogP contribution >= 0.6 is 0 Å². The van der Waals surface area contributed by atoms with Gasteiger partial charge >= 0.3 is 5.97 Å². The molecule has 2 N–H and O–H groups in total. The van der Waals surface area contributed by atoms with Crippen LogP contribution in [0.15, 0.2) is 12.2 Å². The maximum absolute atomic E-state index is 11.7. The van der Waals surface area contributed by atoms with Crippen molar-refractivity contribution in [1.29, 1.82) is 0 Å². The number of carboxylic acids is 1. The molecule has 1 amide bonds. The molecule has 108 valence electrons. The van der Waals surface area contributed by atoms with Crippen LogP contribution in [0, 0.1) is 0 Å². The number of aliphatic carboxylic acids is 1. The molecule has 2 atom stereocenters. The zero-order valence-electron chi connectivity index (χ0n) is 11.1. The van der Waals surface area contributed by atoms with Crippen LogP contribution in [0.25, 0.3) is 0 Å². The first-order valence-corrected chi connectivity index (χ1v) is 6.49. The van der Waals surface area contributed by atoms with Crippen LogP contribution in [0.5, 0.6) is 0 Å². The summed E-state index contributed by atoms with van der Waals surface area (Å²) in [7, 11) is 0. The molecule has 1 aliphatic heterocycles. The summed E-state index contributed by atoms with van der Waals surface area (Å²) in [5.74, 6) is -1.11. The summed E-state index contributed by atoms with van der Waals surface area (Å²) < 4.78 is 10.5. The van der Waals surface area contributed by atoms with Crippen LogP contribution in [-0.2, 0) is 19.1 Å². The summed E-state index contributed by atoms with van der Waals surface area (Å²) in [4.78, 5) is 22.2. The average molecular weight is 271 g/mol. The maximum Gasteiger partial charge on any atom is 0.329 e. The molecule has 19 heavy (non-hydrogen) atoms. The second-order valence-electron chi connectivity index (χ2n) is 4.36. The topological polar surface area (TPSA) is 84.9 Å². The molecule has 1 rings (SSSR count). The van der Waals surface area contributed by atoms with Crippen molar-refractivity contribution in [2.24, 2.45) is 0 Å². The Balaban J connectivity index is 2.40. The molecule has 6 heteroatoms. The molecule has 1 saturated heterocycles. The van der Waals surface area contributed by atoms with Gasteiger partial charge in [0.2, 0.25) is 5.91 Å². The Morgan fingerprint density at radius 3 is 2.95 bits per heavy atom. The van der Waals surface area contributed by atoms with Gasteiger partial charge in [-0.2, -0.15) is 0 Å². The lowest BCUT2D eigenvalue weighted by atomic mass is 10.1. The lowest BCUT2D eigenvalue weighted by molar-refractivity contribution is -0.149. The van der Waals surface area contributed by atoms with E-state index >= 15 is 0 Å². The van der Waals surface area contributed by atoms with Crippen molar-refractivity contribution in [3.63, 3.8) is 0 Å². The maximum atomic E-state index is 11.7. The quantitative estimate of drug-likeness (QED) is 0.666.